The van der Waals surface area contributed by atoms with Gasteiger partial charge in [0.25, 0.3) is 0 Å². The average molecular weight is 428 g/mol. The van der Waals surface area contributed by atoms with E-state index < -0.39 is 0 Å². The predicted octanol–water partition coefficient (Wildman–Crippen LogP) is 4.69. The zero-order chi connectivity index (χ0) is 21.5. The van der Waals surface area contributed by atoms with Crippen molar-refractivity contribution < 1.29 is 9.59 Å². The van der Waals surface area contributed by atoms with Gasteiger partial charge in [0.15, 0.2) is 0 Å². The molecule has 0 bridgehead atoms. The summed E-state index contributed by atoms with van der Waals surface area (Å²) in [4.78, 5) is 31.2. The van der Waals surface area contributed by atoms with E-state index in [-0.39, 0.29) is 24.5 Å². The fourth-order valence-corrected chi connectivity index (χ4v) is 4.88. The molecular formula is C24H33N3O2S. The zero-order valence-corrected chi connectivity index (χ0v) is 19.1. The van der Waals surface area contributed by atoms with Gasteiger partial charge in [0, 0.05) is 24.5 Å². The minimum Gasteiger partial charge on any atom is -0.338 e. The second kappa shape index (κ2) is 10.6. The van der Waals surface area contributed by atoms with Crippen LogP contribution in [0, 0.1) is 5.92 Å². The largest absolute Gasteiger partial charge is 0.338 e. The Morgan fingerprint density at radius 2 is 2.00 bits per heavy atom. The molecule has 2 heterocycles. The number of unbranched alkanes of at least 4 members (excludes halogenated alkanes) is 1. The van der Waals surface area contributed by atoms with Crippen LogP contribution in [0.1, 0.15) is 55.7 Å². The van der Waals surface area contributed by atoms with Crippen molar-refractivity contribution in [2.24, 2.45) is 5.92 Å². The SMILES string of the molecule is CCCCNC(=O)N(CC(=O)N1CCc2sccc2[C@@H]1c1ccccc1)CC(C)C. The number of benzene rings is 1. The fourth-order valence-electron chi connectivity index (χ4n) is 3.98. The van der Waals surface area contributed by atoms with Crippen LogP contribution in [-0.2, 0) is 11.2 Å². The molecule has 6 heteroatoms. The van der Waals surface area contributed by atoms with E-state index in [2.05, 4.69) is 49.7 Å². The van der Waals surface area contributed by atoms with Gasteiger partial charge < -0.3 is 15.1 Å². The quantitative estimate of drug-likeness (QED) is 0.622. The molecule has 0 radical (unpaired) electrons. The maximum absolute atomic E-state index is 13.4. The summed E-state index contributed by atoms with van der Waals surface area (Å²) in [5.74, 6) is 0.302. The number of nitrogens with zero attached hydrogens (tertiary/aromatic N) is 2. The number of rotatable bonds is 8. The summed E-state index contributed by atoms with van der Waals surface area (Å²) in [6.45, 7) is 8.24. The molecule has 1 aromatic carbocycles. The minimum absolute atomic E-state index is 0.00648. The number of carbonyl (C=O) groups is 2. The van der Waals surface area contributed by atoms with E-state index in [1.807, 2.05) is 23.1 Å². The molecule has 1 aliphatic rings. The van der Waals surface area contributed by atoms with Crippen molar-refractivity contribution in [3.63, 3.8) is 0 Å². The zero-order valence-electron chi connectivity index (χ0n) is 18.3. The van der Waals surface area contributed by atoms with Crippen molar-refractivity contribution in [3.8, 4) is 0 Å². The summed E-state index contributed by atoms with van der Waals surface area (Å²) in [6.07, 6.45) is 2.84. The third-order valence-electron chi connectivity index (χ3n) is 5.41. The Balaban J connectivity index is 1.79. The smallest absolute Gasteiger partial charge is 0.317 e. The van der Waals surface area contributed by atoms with Gasteiger partial charge in [-0.15, -0.1) is 11.3 Å². The molecule has 0 spiro atoms. The highest BCUT2D eigenvalue weighted by Gasteiger charge is 2.33. The third kappa shape index (κ3) is 5.42. The second-order valence-corrected chi connectivity index (χ2v) is 9.31. The maximum atomic E-state index is 13.4. The normalized spacial score (nSPS) is 15.7. The van der Waals surface area contributed by atoms with Crippen LogP contribution in [0.4, 0.5) is 4.79 Å². The van der Waals surface area contributed by atoms with Gasteiger partial charge in [-0.2, -0.15) is 0 Å². The minimum atomic E-state index is -0.144. The van der Waals surface area contributed by atoms with Crippen LogP contribution < -0.4 is 5.32 Å². The molecule has 0 saturated heterocycles. The molecule has 0 unspecified atom stereocenters. The number of urea groups is 1. The summed E-state index contributed by atoms with van der Waals surface area (Å²) >= 11 is 1.76. The number of amides is 3. The highest BCUT2D eigenvalue weighted by Crippen LogP contribution is 2.37. The monoisotopic (exact) mass is 427 g/mol. The van der Waals surface area contributed by atoms with Crippen LogP contribution in [0.3, 0.4) is 0 Å². The van der Waals surface area contributed by atoms with Gasteiger partial charge in [-0.1, -0.05) is 57.5 Å². The van der Waals surface area contributed by atoms with Crippen LogP contribution in [-0.4, -0.2) is 47.9 Å². The number of hydrogen-bond donors (Lipinski definition) is 1. The summed E-state index contributed by atoms with van der Waals surface area (Å²) < 4.78 is 0. The fraction of sp³-hybridized carbons (Fsp3) is 0.500. The van der Waals surface area contributed by atoms with Crippen LogP contribution in [0.25, 0.3) is 0 Å². The van der Waals surface area contributed by atoms with Crippen LogP contribution in [0.2, 0.25) is 0 Å². The predicted molar refractivity (Wildman–Crippen MR) is 123 cm³/mol. The first kappa shape index (κ1) is 22.3. The van der Waals surface area contributed by atoms with Crippen LogP contribution in [0.5, 0.6) is 0 Å². The number of hydrogen-bond acceptors (Lipinski definition) is 3. The van der Waals surface area contributed by atoms with Gasteiger partial charge in [0.2, 0.25) is 5.91 Å². The van der Waals surface area contributed by atoms with E-state index in [0.717, 1.165) is 24.8 Å². The number of thiophene rings is 1. The first-order valence-electron chi connectivity index (χ1n) is 10.9. The molecule has 2 aromatic rings. The molecule has 1 aliphatic heterocycles. The van der Waals surface area contributed by atoms with E-state index in [1.165, 1.54) is 10.4 Å². The van der Waals surface area contributed by atoms with E-state index in [4.69, 9.17) is 0 Å². The molecule has 1 atom stereocenters. The Bertz CT molecular complexity index is 834. The molecule has 1 N–H and O–H groups in total. The van der Waals surface area contributed by atoms with Gasteiger partial charge in [-0.25, -0.2) is 4.79 Å². The van der Waals surface area contributed by atoms with Crippen molar-refractivity contribution >= 4 is 23.3 Å². The van der Waals surface area contributed by atoms with Crippen molar-refractivity contribution in [2.45, 2.75) is 46.1 Å². The summed E-state index contributed by atoms with van der Waals surface area (Å²) in [6, 6.07) is 12.1. The van der Waals surface area contributed by atoms with E-state index in [0.29, 0.717) is 25.6 Å². The van der Waals surface area contributed by atoms with Crippen LogP contribution >= 0.6 is 11.3 Å². The lowest BCUT2D eigenvalue weighted by molar-refractivity contribution is -0.134. The molecule has 0 saturated carbocycles. The van der Waals surface area contributed by atoms with Crippen molar-refractivity contribution in [2.75, 3.05) is 26.2 Å². The molecule has 5 nitrogen and oxygen atoms in total. The lowest BCUT2D eigenvalue weighted by Crippen LogP contribution is -2.50. The average Bonchev–Trinajstić information content (AvgIpc) is 3.21. The van der Waals surface area contributed by atoms with Crippen LogP contribution in [0.15, 0.2) is 41.8 Å². The first-order valence-corrected chi connectivity index (χ1v) is 11.8. The van der Waals surface area contributed by atoms with Gasteiger partial charge in [0.1, 0.15) is 6.54 Å². The molecule has 30 heavy (non-hydrogen) atoms. The van der Waals surface area contributed by atoms with Gasteiger partial charge in [-0.05, 0) is 41.3 Å². The Kier molecular flexibility index (Phi) is 7.91. The van der Waals surface area contributed by atoms with Gasteiger partial charge >= 0.3 is 6.03 Å². The van der Waals surface area contributed by atoms with E-state index in [1.54, 1.807) is 16.2 Å². The molecule has 1 aromatic heterocycles. The Labute approximate surface area is 184 Å². The number of carbonyl (C=O) groups excluding carboxylic acids is 2. The summed E-state index contributed by atoms with van der Waals surface area (Å²) in [7, 11) is 0. The molecule has 162 valence electrons. The van der Waals surface area contributed by atoms with Crippen molar-refractivity contribution in [3.05, 3.63) is 57.8 Å². The standard InChI is InChI=1S/C24H33N3O2S/c1-4-5-13-25-24(29)26(16-18(2)3)17-22(28)27-14-11-21-20(12-15-30-21)23(27)19-9-7-6-8-10-19/h6-10,12,15,18,23H,4-5,11,13-14,16-17H2,1-3H3,(H,25,29)/t23-/m0/s1. The summed E-state index contributed by atoms with van der Waals surface area (Å²) in [5.41, 5.74) is 2.33. The first-order chi connectivity index (χ1) is 14.5. The highest BCUT2D eigenvalue weighted by atomic mass is 32.1. The van der Waals surface area contributed by atoms with Gasteiger partial charge in [-0.3, -0.25) is 4.79 Å². The van der Waals surface area contributed by atoms with E-state index in [9.17, 15) is 9.59 Å². The maximum Gasteiger partial charge on any atom is 0.317 e. The van der Waals surface area contributed by atoms with E-state index >= 15 is 0 Å². The molecule has 0 fully saturated rings. The Morgan fingerprint density at radius 1 is 1.23 bits per heavy atom. The lowest BCUT2D eigenvalue weighted by Gasteiger charge is -2.37. The number of nitrogens with one attached hydrogen (secondary N) is 1. The van der Waals surface area contributed by atoms with Crippen molar-refractivity contribution in [1.82, 2.24) is 15.1 Å². The Morgan fingerprint density at radius 3 is 2.70 bits per heavy atom. The lowest BCUT2D eigenvalue weighted by atomic mass is 9.93. The highest BCUT2D eigenvalue weighted by molar-refractivity contribution is 7.10. The summed E-state index contributed by atoms with van der Waals surface area (Å²) in [5, 5.41) is 5.08. The molecule has 0 aliphatic carbocycles. The second-order valence-electron chi connectivity index (χ2n) is 8.31. The van der Waals surface area contributed by atoms with Crippen molar-refractivity contribution in [1.29, 1.82) is 0 Å². The molecule has 3 amide bonds. The number of fused-ring (bicyclic) bond motifs is 1. The Hall–Kier alpha value is -2.34. The topological polar surface area (TPSA) is 52.7 Å². The molecule has 3 rings (SSSR count). The third-order valence-corrected chi connectivity index (χ3v) is 6.40. The molecular weight excluding hydrogens is 394 g/mol. The van der Waals surface area contributed by atoms with Gasteiger partial charge in [0.05, 0.1) is 6.04 Å².